The number of ether oxygens (including phenoxy) is 2. The molecule has 1 unspecified atom stereocenters. The molecule has 1 atom stereocenters. The van der Waals surface area contributed by atoms with E-state index in [0.717, 1.165) is 5.56 Å². The fraction of sp³-hybridized carbons (Fsp3) is 0.250. The van der Waals surface area contributed by atoms with E-state index in [2.05, 4.69) is 0 Å². The van der Waals surface area contributed by atoms with Gasteiger partial charge in [-0.3, -0.25) is 0 Å². The molecule has 0 fully saturated rings. The van der Waals surface area contributed by atoms with Gasteiger partial charge < -0.3 is 14.6 Å². The molecule has 0 aliphatic carbocycles. The minimum atomic E-state index is -0.799. The van der Waals surface area contributed by atoms with Gasteiger partial charge in [-0.15, -0.1) is 0 Å². The van der Waals surface area contributed by atoms with Gasteiger partial charge in [0.15, 0.2) is 11.6 Å². The van der Waals surface area contributed by atoms with E-state index in [4.69, 9.17) is 9.47 Å². The molecule has 2 aromatic rings. The van der Waals surface area contributed by atoms with Crippen LogP contribution in [0.25, 0.3) is 0 Å². The Kier molecular flexibility index (Phi) is 4.58. The SMILES string of the molecule is COc1ccc(C(O)Cc2ccccc2OC)cc1F. The van der Waals surface area contributed by atoms with Crippen molar-refractivity contribution in [2.75, 3.05) is 14.2 Å². The lowest BCUT2D eigenvalue weighted by atomic mass is 10.0. The molecule has 1 N–H and O–H groups in total. The number of benzene rings is 2. The molecular formula is C16H17FO3. The van der Waals surface area contributed by atoms with E-state index in [0.29, 0.717) is 17.7 Å². The van der Waals surface area contributed by atoms with E-state index in [1.807, 2.05) is 24.3 Å². The minimum Gasteiger partial charge on any atom is -0.496 e. The molecule has 2 rings (SSSR count). The van der Waals surface area contributed by atoms with E-state index >= 15 is 0 Å². The van der Waals surface area contributed by atoms with E-state index in [1.54, 1.807) is 13.2 Å². The summed E-state index contributed by atoms with van der Waals surface area (Å²) >= 11 is 0. The largest absolute Gasteiger partial charge is 0.496 e. The quantitative estimate of drug-likeness (QED) is 0.912. The van der Waals surface area contributed by atoms with Crippen molar-refractivity contribution in [3.63, 3.8) is 0 Å². The molecule has 0 aliphatic heterocycles. The lowest BCUT2D eigenvalue weighted by Crippen LogP contribution is -2.04. The average Bonchev–Trinajstić information content (AvgIpc) is 2.47. The summed E-state index contributed by atoms with van der Waals surface area (Å²) in [6.45, 7) is 0. The number of hydrogen-bond donors (Lipinski definition) is 1. The van der Waals surface area contributed by atoms with Gasteiger partial charge in [-0.05, 0) is 29.3 Å². The molecule has 3 nitrogen and oxygen atoms in total. The Bertz CT molecular complexity index is 584. The van der Waals surface area contributed by atoms with Crippen molar-refractivity contribution >= 4 is 0 Å². The lowest BCUT2D eigenvalue weighted by Gasteiger charge is -2.14. The molecule has 0 radical (unpaired) electrons. The van der Waals surface area contributed by atoms with Crippen LogP contribution in [0.15, 0.2) is 42.5 Å². The number of aliphatic hydroxyl groups excluding tert-OH is 1. The summed E-state index contributed by atoms with van der Waals surface area (Å²) in [6.07, 6.45) is -0.442. The highest BCUT2D eigenvalue weighted by atomic mass is 19.1. The van der Waals surface area contributed by atoms with Crippen LogP contribution in [0.5, 0.6) is 11.5 Å². The highest BCUT2D eigenvalue weighted by molar-refractivity contribution is 5.36. The number of hydrogen-bond acceptors (Lipinski definition) is 3. The Morgan fingerprint density at radius 1 is 1.05 bits per heavy atom. The maximum Gasteiger partial charge on any atom is 0.165 e. The molecule has 0 saturated carbocycles. The second-order valence-corrected chi connectivity index (χ2v) is 4.43. The lowest BCUT2D eigenvalue weighted by molar-refractivity contribution is 0.176. The van der Waals surface area contributed by atoms with Crippen molar-refractivity contribution in [3.8, 4) is 11.5 Å². The van der Waals surface area contributed by atoms with Crippen LogP contribution >= 0.6 is 0 Å². The van der Waals surface area contributed by atoms with Crippen molar-refractivity contribution in [2.24, 2.45) is 0 Å². The maximum absolute atomic E-state index is 13.6. The van der Waals surface area contributed by atoms with Crippen LogP contribution in [-0.4, -0.2) is 19.3 Å². The van der Waals surface area contributed by atoms with Gasteiger partial charge in [0.2, 0.25) is 0 Å². The van der Waals surface area contributed by atoms with Gasteiger partial charge >= 0.3 is 0 Å². The molecule has 2 aromatic carbocycles. The summed E-state index contributed by atoms with van der Waals surface area (Å²) in [5.41, 5.74) is 1.38. The fourth-order valence-electron chi connectivity index (χ4n) is 2.09. The topological polar surface area (TPSA) is 38.7 Å². The Morgan fingerprint density at radius 3 is 2.40 bits per heavy atom. The molecule has 0 aromatic heterocycles. The molecule has 4 heteroatoms. The summed E-state index contributed by atoms with van der Waals surface area (Å²) < 4.78 is 23.7. The zero-order valence-electron chi connectivity index (χ0n) is 11.5. The van der Waals surface area contributed by atoms with Crippen LogP contribution in [0.2, 0.25) is 0 Å². The number of methoxy groups -OCH3 is 2. The molecule has 0 amide bonds. The van der Waals surface area contributed by atoms with Crippen molar-refractivity contribution in [1.82, 2.24) is 0 Å². The molecule has 0 heterocycles. The van der Waals surface area contributed by atoms with Gasteiger partial charge in [-0.1, -0.05) is 24.3 Å². The predicted octanol–water partition coefficient (Wildman–Crippen LogP) is 3.12. The van der Waals surface area contributed by atoms with Gasteiger partial charge in [0.25, 0.3) is 0 Å². The number of rotatable bonds is 5. The minimum absolute atomic E-state index is 0.165. The van der Waals surface area contributed by atoms with Crippen molar-refractivity contribution in [1.29, 1.82) is 0 Å². The summed E-state index contributed by atoms with van der Waals surface area (Å²) in [7, 11) is 2.99. The van der Waals surface area contributed by atoms with Crippen molar-refractivity contribution < 1.29 is 19.0 Å². The van der Waals surface area contributed by atoms with Crippen LogP contribution in [0.1, 0.15) is 17.2 Å². The normalized spacial score (nSPS) is 12.0. The third-order valence-corrected chi connectivity index (χ3v) is 3.17. The van der Waals surface area contributed by atoms with Gasteiger partial charge in [-0.25, -0.2) is 4.39 Å². The molecule has 0 saturated heterocycles. The summed E-state index contributed by atoms with van der Waals surface area (Å²) in [5.74, 6) is 0.392. The zero-order valence-corrected chi connectivity index (χ0v) is 11.5. The summed E-state index contributed by atoms with van der Waals surface area (Å²) in [5, 5.41) is 10.2. The van der Waals surface area contributed by atoms with Crippen LogP contribution < -0.4 is 9.47 Å². The van der Waals surface area contributed by atoms with E-state index in [-0.39, 0.29) is 5.75 Å². The van der Waals surface area contributed by atoms with Crippen LogP contribution in [-0.2, 0) is 6.42 Å². The molecular weight excluding hydrogens is 259 g/mol. The first-order chi connectivity index (χ1) is 9.65. The molecule has 0 bridgehead atoms. The van der Waals surface area contributed by atoms with Gasteiger partial charge in [-0.2, -0.15) is 0 Å². The van der Waals surface area contributed by atoms with E-state index in [9.17, 15) is 9.50 Å². The predicted molar refractivity (Wildman–Crippen MR) is 74.6 cm³/mol. The van der Waals surface area contributed by atoms with Gasteiger partial charge in [0, 0.05) is 6.42 Å². The smallest absolute Gasteiger partial charge is 0.165 e. The molecule has 0 spiro atoms. The monoisotopic (exact) mass is 276 g/mol. The molecule has 20 heavy (non-hydrogen) atoms. The summed E-state index contributed by atoms with van der Waals surface area (Å²) in [4.78, 5) is 0. The fourth-order valence-corrected chi connectivity index (χ4v) is 2.09. The standard InChI is InChI=1S/C16H17FO3/c1-19-15-6-4-3-5-12(15)10-14(18)11-7-8-16(20-2)13(17)9-11/h3-9,14,18H,10H2,1-2H3. The first-order valence-electron chi connectivity index (χ1n) is 6.29. The first-order valence-corrected chi connectivity index (χ1v) is 6.29. The molecule has 106 valence electrons. The van der Waals surface area contributed by atoms with Crippen LogP contribution in [0.4, 0.5) is 4.39 Å². The zero-order chi connectivity index (χ0) is 14.5. The number of aliphatic hydroxyl groups is 1. The first kappa shape index (κ1) is 14.3. The summed E-state index contributed by atoms with van der Waals surface area (Å²) in [6, 6.07) is 11.9. The Morgan fingerprint density at radius 2 is 1.75 bits per heavy atom. The highest BCUT2D eigenvalue weighted by Crippen LogP contribution is 2.27. The number of para-hydroxylation sites is 1. The second kappa shape index (κ2) is 6.39. The number of halogens is 1. The van der Waals surface area contributed by atoms with Crippen molar-refractivity contribution in [3.05, 3.63) is 59.4 Å². The van der Waals surface area contributed by atoms with Crippen molar-refractivity contribution in [2.45, 2.75) is 12.5 Å². The highest BCUT2D eigenvalue weighted by Gasteiger charge is 2.14. The Hall–Kier alpha value is -2.07. The van der Waals surface area contributed by atoms with Gasteiger partial charge in [0.05, 0.1) is 20.3 Å². The van der Waals surface area contributed by atoms with Crippen LogP contribution in [0, 0.1) is 5.82 Å². The van der Waals surface area contributed by atoms with Gasteiger partial charge in [0.1, 0.15) is 5.75 Å². The average molecular weight is 276 g/mol. The second-order valence-electron chi connectivity index (χ2n) is 4.43. The van der Waals surface area contributed by atoms with Crippen LogP contribution in [0.3, 0.4) is 0 Å². The third-order valence-electron chi connectivity index (χ3n) is 3.17. The maximum atomic E-state index is 13.6. The Balaban J connectivity index is 2.19. The Labute approximate surface area is 117 Å². The van der Waals surface area contributed by atoms with E-state index in [1.165, 1.54) is 19.2 Å². The molecule has 0 aliphatic rings. The van der Waals surface area contributed by atoms with E-state index < -0.39 is 11.9 Å². The third kappa shape index (κ3) is 3.08.